The van der Waals surface area contributed by atoms with Crippen LogP contribution in [0.1, 0.15) is 12.5 Å². The van der Waals surface area contributed by atoms with E-state index in [2.05, 4.69) is 5.16 Å². The summed E-state index contributed by atoms with van der Waals surface area (Å²) in [5, 5.41) is 4.20. The van der Waals surface area contributed by atoms with Gasteiger partial charge in [-0.05, 0) is 24.6 Å². The molecule has 0 saturated heterocycles. The third-order valence-corrected chi connectivity index (χ3v) is 2.59. The van der Waals surface area contributed by atoms with Gasteiger partial charge in [0.1, 0.15) is 11.5 Å². The van der Waals surface area contributed by atoms with Crippen molar-refractivity contribution in [1.82, 2.24) is 5.16 Å². The molecule has 1 aromatic carbocycles. The zero-order valence-electron chi connectivity index (χ0n) is 8.63. The maximum absolute atomic E-state index is 13.6. The lowest BCUT2D eigenvalue weighted by molar-refractivity contribution is 0.438. The van der Waals surface area contributed by atoms with Gasteiger partial charge in [-0.1, -0.05) is 23.7 Å². The van der Waals surface area contributed by atoms with Crippen LogP contribution in [0.3, 0.4) is 0 Å². The maximum Gasteiger partial charge on any atom is 0.225 e. The lowest BCUT2D eigenvalue weighted by Gasteiger charge is -2.01. The second-order valence-electron chi connectivity index (χ2n) is 3.35. The highest BCUT2D eigenvalue weighted by atomic mass is 35.5. The van der Waals surface area contributed by atoms with Gasteiger partial charge in [0.2, 0.25) is 5.88 Å². The molecule has 2 rings (SSSR count). The van der Waals surface area contributed by atoms with E-state index in [4.69, 9.17) is 21.9 Å². The fourth-order valence-electron chi connectivity index (χ4n) is 1.55. The standard InChI is InChI=1S/C11H10ClFN2O/c1-2-7-10(15-16-11(7)14)8-5-6(12)3-4-9(8)13/h3-5H,2,14H2,1H3. The number of halogens is 2. The van der Waals surface area contributed by atoms with Gasteiger partial charge >= 0.3 is 0 Å². The summed E-state index contributed by atoms with van der Waals surface area (Å²) >= 11 is 5.81. The van der Waals surface area contributed by atoms with Crippen molar-refractivity contribution < 1.29 is 8.91 Å². The van der Waals surface area contributed by atoms with Gasteiger partial charge in [-0.25, -0.2) is 4.39 Å². The molecule has 2 N–H and O–H groups in total. The first-order chi connectivity index (χ1) is 7.63. The van der Waals surface area contributed by atoms with Crippen molar-refractivity contribution in [3.05, 3.63) is 34.6 Å². The summed E-state index contributed by atoms with van der Waals surface area (Å²) in [4.78, 5) is 0. The molecule has 0 aliphatic heterocycles. The molecule has 0 spiro atoms. The third-order valence-electron chi connectivity index (χ3n) is 2.36. The summed E-state index contributed by atoms with van der Waals surface area (Å²) < 4.78 is 18.5. The molecule has 0 unspecified atom stereocenters. The lowest BCUT2D eigenvalue weighted by Crippen LogP contribution is -1.92. The van der Waals surface area contributed by atoms with Crippen molar-refractivity contribution >= 4 is 17.5 Å². The molecule has 0 saturated carbocycles. The van der Waals surface area contributed by atoms with Crippen LogP contribution in [0.5, 0.6) is 0 Å². The highest BCUT2D eigenvalue weighted by Crippen LogP contribution is 2.31. The van der Waals surface area contributed by atoms with Crippen LogP contribution in [0.25, 0.3) is 11.3 Å². The minimum Gasteiger partial charge on any atom is -0.367 e. The van der Waals surface area contributed by atoms with Crippen LogP contribution in [-0.4, -0.2) is 5.16 Å². The molecule has 0 aliphatic carbocycles. The van der Waals surface area contributed by atoms with Crippen LogP contribution in [0.2, 0.25) is 5.02 Å². The molecule has 1 aromatic heterocycles. The van der Waals surface area contributed by atoms with Crippen molar-refractivity contribution in [2.45, 2.75) is 13.3 Å². The molecule has 5 heteroatoms. The van der Waals surface area contributed by atoms with E-state index in [1.165, 1.54) is 18.2 Å². The topological polar surface area (TPSA) is 52.0 Å². The SMILES string of the molecule is CCc1c(-c2cc(Cl)ccc2F)noc1N. The molecule has 3 nitrogen and oxygen atoms in total. The van der Waals surface area contributed by atoms with Crippen LogP contribution in [-0.2, 0) is 6.42 Å². The summed E-state index contributed by atoms with van der Waals surface area (Å²) in [6, 6.07) is 4.28. The summed E-state index contributed by atoms with van der Waals surface area (Å²) in [6.45, 7) is 1.90. The molecular formula is C11H10ClFN2O. The minimum absolute atomic E-state index is 0.219. The number of nitrogen functional groups attached to an aromatic ring is 1. The van der Waals surface area contributed by atoms with E-state index in [0.717, 1.165) is 0 Å². The summed E-state index contributed by atoms with van der Waals surface area (Å²) in [5.74, 6) is -0.177. The van der Waals surface area contributed by atoms with Gasteiger partial charge in [0.15, 0.2) is 0 Å². The first kappa shape index (κ1) is 11.0. The van der Waals surface area contributed by atoms with Crippen LogP contribution in [0.15, 0.2) is 22.7 Å². The predicted molar refractivity (Wildman–Crippen MR) is 60.7 cm³/mol. The number of nitrogens with zero attached hydrogens (tertiary/aromatic N) is 1. The van der Waals surface area contributed by atoms with E-state index in [1.54, 1.807) is 0 Å². The van der Waals surface area contributed by atoms with Crippen molar-refractivity contribution in [3.8, 4) is 11.3 Å². The normalized spacial score (nSPS) is 10.7. The average molecular weight is 241 g/mol. The molecule has 1 heterocycles. The van der Waals surface area contributed by atoms with Crippen LogP contribution in [0.4, 0.5) is 10.3 Å². The Labute approximate surface area is 97.0 Å². The zero-order valence-corrected chi connectivity index (χ0v) is 9.38. The lowest BCUT2D eigenvalue weighted by atomic mass is 10.1. The Morgan fingerprint density at radius 2 is 2.25 bits per heavy atom. The first-order valence-electron chi connectivity index (χ1n) is 4.83. The van der Waals surface area contributed by atoms with E-state index in [-0.39, 0.29) is 5.88 Å². The van der Waals surface area contributed by atoms with Gasteiger partial charge in [-0.15, -0.1) is 0 Å². The number of anilines is 1. The minimum atomic E-state index is -0.396. The molecule has 84 valence electrons. The van der Waals surface area contributed by atoms with Gasteiger partial charge in [0.05, 0.1) is 0 Å². The average Bonchev–Trinajstić information content (AvgIpc) is 2.63. The molecule has 0 bridgehead atoms. The van der Waals surface area contributed by atoms with E-state index in [9.17, 15) is 4.39 Å². The maximum atomic E-state index is 13.6. The van der Waals surface area contributed by atoms with Gasteiger partial charge in [-0.2, -0.15) is 0 Å². The highest BCUT2D eigenvalue weighted by Gasteiger charge is 2.17. The summed E-state index contributed by atoms with van der Waals surface area (Å²) in [7, 11) is 0. The molecule has 0 fully saturated rings. The zero-order chi connectivity index (χ0) is 11.7. The fraction of sp³-hybridized carbons (Fsp3) is 0.182. The molecule has 0 aliphatic rings. The number of rotatable bonds is 2. The van der Waals surface area contributed by atoms with Crippen LogP contribution < -0.4 is 5.73 Å². The smallest absolute Gasteiger partial charge is 0.225 e. The molecule has 0 radical (unpaired) electrons. The second kappa shape index (κ2) is 4.14. The summed E-state index contributed by atoms with van der Waals surface area (Å²) in [6.07, 6.45) is 0.622. The van der Waals surface area contributed by atoms with Gasteiger partial charge < -0.3 is 10.3 Å². The fourth-order valence-corrected chi connectivity index (χ4v) is 1.73. The number of aromatic nitrogens is 1. The van der Waals surface area contributed by atoms with E-state index in [0.29, 0.717) is 28.3 Å². The number of nitrogens with two attached hydrogens (primary N) is 1. The van der Waals surface area contributed by atoms with E-state index in [1.807, 2.05) is 6.92 Å². The Bertz CT molecular complexity index is 525. The van der Waals surface area contributed by atoms with Crippen LogP contribution >= 0.6 is 11.6 Å². The predicted octanol–water partition coefficient (Wildman–Crippen LogP) is 3.28. The van der Waals surface area contributed by atoms with Crippen molar-refractivity contribution in [2.75, 3.05) is 5.73 Å². The Hall–Kier alpha value is -1.55. The van der Waals surface area contributed by atoms with Crippen molar-refractivity contribution in [2.24, 2.45) is 0 Å². The number of hydrogen-bond acceptors (Lipinski definition) is 3. The molecule has 16 heavy (non-hydrogen) atoms. The van der Waals surface area contributed by atoms with Gasteiger partial charge in [0, 0.05) is 16.1 Å². The third kappa shape index (κ3) is 1.76. The van der Waals surface area contributed by atoms with Gasteiger partial charge in [-0.3, -0.25) is 0 Å². The number of benzene rings is 1. The van der Waals surface area contributed by atoms with Crippen LogP contribution in [0, 0.1) is 5.82 Å². The molecular weight excluding hydrogens is 231 g/mol. The highest BCUT2D eigenvalue weighted by molar-refractivity contribution is 6.30. The van der Waals surface area contributed by atoms with Crippen molar-refractivity contribution in [1.29, 1.82) is 0 Å². The Morgan fingerprint density at radius 3 is 2.94 bits per heavy atom. The Kier molecular flexibility index (Phi) is 2.83. The van der Waals surface area contributed by atoms with E-state index >= 15 is 0 Å². The van der Waals surface area contributed by atoms with E-state index < -0.39 is 5.82 Å². The largest absolute Gasteiger partial charge is 0.367 e. The number of hydrogen-bond donors (Lipinski definition) is 1. The molecule has 2 aromatic rings. The molecule has 0 atom stereocenters. The quantitative estimate of drug-likeness (QED) is 0.876. The molecule has 0 amide bonds. The Morgan fingerprint density at radius 1 is 1.50 bits per heavy atom. The second-order valence-corrected chi connectivity index (χ2v) is 3.79. The monoisotopic (exact) mass is 240 g/mol. The van der Waals surface area contributed by atoms with Gasteiger partial charge in [0.25, 0.3) is 0 Å². The first-order valence-corrected chi connectivity index (χ1v) is 5.20. The van der Waals surface area contributed by atoms with Crippen molar-refractivity contribution in [3.63, 3.8) is 0 Å². The summed E-state index contributed by atoms with van der Waals surface area (Å²) in [5.41, 5.74) is 7.01. The Balaban J connectivity index is 2.62.